The van der Waals surface area contributed by atoms with Crippen molar-refractivity contribution in [2.24, 2.45) is 5.92 Å². The van der Waals surface area contributed by atoms with E-state index in [0.29, 0.717) is 17.8 Å². The Kier molecular flexibility index (Phi) is 3.64. The molecule has 1 atom stereocenters. The molecule has 1 amide bonds. The summed E-state index contributed by atoms with van der Waals surface area (Å²) in [6, 6.07) is 7.03. The molecule has 0 saturated carbocycles. The van der Waals surface area contributed by atoms with Crippen molar-refractivity contribution in [2.45, 2.75) is 12.8 Å². The number of benzene rings is 1. The lowest BCUT2D eigenvalue weighted by Crippen LogP contribution is -2.40. The first-order valence-corrected chi connectivity index (χ1v) is 5.96. The van der Waals surface area contributed by atoms with Gasteiger partial charge in [0.2, 0.25) is 0 Å². The molecule has 0 bridgehead atoms. The fourth-order valence-corrected chi connectivity index (χ4v) is 2.25. The molecule has 1 fully saturated rings. The molecule has 0 spiro atoms. The number of hydrogen-bond donors (Lipinski definition) is 2. The highest BCUT2D eigenvalue weighted by Crippen LogP contribution is 2.18. The molecule has 1 aromatic rings. The maximum absolute atomic E-state index is 12.2. The smallest absolute Gasteiger partial charge is 0.253 e. The van der Waals surface area contributed by atoms with Crippen LogP contribution in [0, 0.1) is 5.92 Å². The van der Waals surface area contributed by atoms with Crippen LogP contribution in [0.1, 0.15) is 23.2 Å². The maximum atomic E-state index is 12.2. The van der Waals surface area contributed by atoms with Gasteiger partial charge < -0.3 is 15.7 Å². The SMILES string of the molecule is Nc1cccc(C(=O)N2CCC[C@H](CO)C2)c1. The number of carbonyl (C=O) groups is 1. The summed E-state index contributed by atoms with van der Waals surface area (Å²) >= 11 is 0. The van der Waals surface area contributed by atoms with Crippen LogP contribution in [0.2, 0.25) is 0 Å². The minimum absolute atomic E-state index is 0.00968. The molecule has 17 heavy (non-hydrogen) atoms. The fourth-order valence-electron chi connectivity index (χ4n) is 2.25. The number of likely N-dealkylation sites (tertiary alicyclic amines) is 1. The molecule has 0 radical (unpaired) electrons. The molecule has 0 aromatic heterocycles. The summed E-state index contributed by atoms with van der Waals surface area (Å²) in [6.45, 7) is 1.56. The van der Waals surface area contributed by atoms with Crippen molar-refractivity contribution >= 4 is 11.6 Å². The Morgan fingerprint density at radius 3 is 3.06 bits per heavy atom. The molecule has 2 rings (SSSR count). The zero-order chi connectivity index (χ0) is 12.3. The second-order valence-electron chi connectivity index (χ2n) is 4.57. The summed E-state index contributed by atoms with van der Waals surface area (Å²) < 4.78 is 0. The van der Waals surface area contributed by atoms with Crippen molar-refractivity contribution in [2.75, 3.05) is 25.4 Å². The van der Waals surface area contributed by atoms with Gasteiger partial charge in [-0.2, -0.15) is 0 Å². The number of aliphatic hydroxyl groups is 1. The normalized spacial score (nSPS) is 20.3. The highest BCUT2D eigenvalue weighted by Gasteiger charge is 2.23. The number of piperidine rings is 1. The topological polar surface area (TPSA) is 66.6 Å². The van der Waals surface area contributed by atoms with E-state index in [0.717, 1.165) is 19.4 Å². The van der Waals surface area contributed by atoms with Crippen LogP contribution in [0.3, 0.4) is 0 Å². The van der Waals surface area contributed by atoms with E-state index in [-0.39, 0.29) is 18.4 Å². The third-order valence-electron chi connectivity index (χ3n) is 3.20. The van der Waals surface area contributed by atoms with Crippen molar-refractivity contribution in [3.8, 4) is 0 Å². The zero-order valence-corrected chi connectivity index (χ0v) is 9.80. The quantitative estimate of drug-likeness (QED) is 0.753. The minimum atomic E-state index is 0.00968. The zero-order valence-electron chi connectivity index (χ0n) is 9.80. The van der Waals surface area contributed by atoms with Gasteiger partial charge in [0.25, 0.3) is 5.91 Å². The van der Waals surface area contributed by atoms with Crippen molar-refractivity contribution in [3.05, 3.63) is 29.8 Å². The molecular weight excluding hydrogens is 216 g/mol. The molecule has 1 aliphatic rings. The molecular formula is C13H18N2O2. The summed E-state index contributed by atoms with van der Waals surface area (Å²) in [7, 11) is 0. The van der Waals surface area contributed by atoms with E-state index >= 15 is 0 Å². The van der Waals surface area contributed by atoms with Crippen molar-refractivity contribution in [3.63, 3.8) is 0 Å². The number of nitrogens with two attached hydrogens (primary N) is 1. The first-order valence-electron chi connectivity index (χ1n) is 5.96. The first kappa shape index (κ1) is 11.9. The third-order valence-corrected chi connectivity index (χ3v) is 3.20. The van der Waals surface area contributed by atoms with E-state index in [1.165, 1.54) is 0 Å². The minimum Gasteiger partial charge on any atom is -0.399 e. The first-order chi connectivity index (χ1) is 8.20. The molecule has 92 valence electrons. The number of rotatable bonds is 2. The third kappa shape index (κ3) is 2.77. The standard InChI is InChI=1S/C13H18N2O2/c14-12-5-1-4-11(7-12)13(17)15-6-2-3-10(8-15)9-16/h1,4-5,7,10,16H,2-3,6,8-9,14H2/t10-/m0/s1. The number of nitrogens with zero attached hydrogens (tertiary/aromatic N) is 1. The number of anilines is 1. The van der Waals surface area contributed by atoms with E-state index in [9.17, 15) is 4.79 Å². The van der Waals surface area contributed by atoms with Crippen molar-refractivity contribution in [1.82, 2.24) is 4.90 Å². The fraction of sp³-hybridized carbons (Fsp3) is 0.462. The van der Waals surface area contributed by atoms with Crippen LogP contribution in [0.15, 0.2) is 24.3 Å². The van der Waals surface area contributed by atoms with Crippen LogP contribution in [0.5, 0.6) is 0 Å². The lowest BCUT2D eigenvalue weighted by atomic mass is 9.98. The van der Waals surface area contributed by atoms with Crippen LogP contribution < -0.4 is 5.73 Å². The van der Waals surface area contributed by atoms with E-state index in [2.05, 4.69) is 0 Å². The largest absolute Gasteiger partial charge is 0.399 e. The summed E-state index contributed by atoms with van der Waals surface area (Å²) in [4.78, 5) is 14.0. The summed E-state index contributed by atoms with van der Waals surface area (Å²) in [5.41, 5.74) is 6.90. The Bertz CT molecular complexity index is 406. The van der Waals surface area contributed by atoms with Crippen LogP contribution in [0.4, 0.5) is 5.69 Å². The van der Waals surface area contributed by atoms with Gasteiger partial charge in [-0.05, 0) is 37.0 Å². The molecule has 3 N–H and O–H groups in total. The van der Waals surface area contributed by atoms with E-state index in [1.807, 2.05) is 0 Å². The predicted octanol–water partition coefficient (Wildman–Crippen LogP) is 1.11. The van der Waals surface area contributed by atoms with Gasteiger partial charge in [0.05, 0.1) is 0 Å². The summed E-state index contributed by atoms with van der Waals surface area (Å²) in [5, 5.41) is 9.15. The number of aliphatic hydroxyl groups excluding tert-OH is 1. The predicted molar refractivity (Wildman–Crippen MR) is 66.6 cm³/mol. The Morgan fingerprint density at radius 1 is 1.53 bits per heavy atom. The Hall–Kier alpha value is -1.55. The average Bonchev–Trinajstić information content (AvgIpc) is 2.38. The van der Waals surface area contributed by atoms with Gasteiger partial charge in [-0.1, -0.05) is 6.07 Å². The number of amides is 1. The van der Waals surface area contributed by atoms with Gasteiger partial charge in [0, 0.05) is 30.9 Å². The monoisotopic (exact) mass is 234 g/mol. The molecule has 1 saturated heterocycles. The molecule has 4 nitrogen and oxygen atoms in total. The van der Waals surface area contributed by atoms with Crippen LogP contribution in [-0.4, -0.2) is 35.6 Å². The molecule has 0 aliphatic carbocycles. The Balaban J connectivity index is 2.09. The Morgan fingerprint density at radius 2 is 2.35 bits per heavy atom. The lowest BCUT2D eigenvalue weighted by molar-refractivity contribution is 0.0621. The highest BCUT2D eigenvalue weighted by atomic mass is 16.3. The number of carbonyl (C=O) groups excluding carboxylic acids is 1. The van der Waals surface area contributed by atoms with Gasteiger partial charge >= 0.3 is 0 Å². The van der Waals surface area contributed by atoms with E-state index < -0.39 is 0 Å². The molecule has 1 aliphatic heterocycles. The lowest BCUT2D eigenvalue weighted by Gasteiger charge is -2.31. The Labute approximate surface area is 101 Å². The molecule has 4 heteroatoms. The van der Waals surface area contributed by atoms with Crippen molar-refractivity contribution in [1.29, 1.82) is 0 Å². The summed E-state index contributed by atoms with van der Waals surface area (Å²) in [6.07, 6.45) is 1.95. The van der Waals surface area contributed by atoms with Gasteiger partial charge in [-0.3, -0.25) is 4.79 Å². The second-order valence-corrected chi connectivity index (χ2v) is 4.57. The van der Waals surface area contributed by atoms with Gasteiger partial charge in [0.15, 0.2) is 0 Å². The number of nitrogen functional groups attached to an aromatic ring is 1. The van der Waals surface area contributed by atoms with Crippen LogP contribution >= 0.6 is 0 Å². The van der Waals surface area contributed by atoms with Crippen LogP contribution in [-0.2, 0) is 0 Å². The average molecular weight is 234 g/mol. The van der Waals surface area contributed by atoms with Crippen LogP contribution in [0.25, 0.3) is 0 Å². The van der Waals surface area contributed by atoms with Crippen molar-refractivity contribution < 1.29 is 9.90 Å². The second kappa shape index (κ2) is 5.19. The highest BCUT2D eigenvalue weighted by molar-refractivity contribution is 5.95. The van der Waals surface area contributed by atoms with Gasteiger partial charge in [-0.25, -0.2) is 0 Å². The summed E-state index contributed by atoms with van der Waals surface area (Å²) in [5.74, 6) is 0.226. The number of hydrogen-bond acceptors (Lipinski definition) is 3. The maximum Gasteiger partial charge on any atom is 0.253 e. The molecule has 1 aromatic carbocycles. The molecule has 1 heterocycles. The van der Waals surface area contributed by atoms with E-state index in [4.69, 9.17) is 10.8 Å². The molecule has 0 unspecified atom stereocenters. The van der Waals surface area contributed by atoms with Gasteiger partial charge in [0.1, 0.15) is 0 Å². The van der Waals surface area contributed by atoms with Gasteiger partial charge in [-0.15, -0.1) is 0 Å². The van der Waals surface area contributed by atoms with E-state index in [1.54, 1.807) is 29.2 Å².